The third kappa shape index (κ3) is 1.57. The lowest BCUT2D eigenvalue weighted by molar-refractivity contribution is -0.142. The zero-order chi connectivity index (χ0) is 11.8. The summed E-state index contributed by atoms with van der Waals surface area (Å²) in [5, 5.41) is 0. The second kappa shape index (κ2) is 3.83. The van der Waals surface area contributed by atoms with E-state index in [0.29, 0.717) is 12.1 Å². The maximum Gasteiger partial charge on any atom is 0.338 e. The van der Waals surface area contributed by atoms with Crippen molar-refractivity contribution in [2.45, 2.75) is 25.0 Å². The van der Waals surface area contributed by atoms with Crippen LogP contribution in [0.4, 0.5) is 4.39 Å². The first-order valence-electron chi connectivity index (χ1n) is 5.01. The van der Waals surface area contributed by atoms with Crippen LogP contribution in [0, 0.1) is 5.82 Å². The van der Waals surface area contributed by atoms with E-state index >= 15 is 0 Å². The molecule has 5 heteroatoms. The van der Waals surface area contributed by atoms with E-state index in [4.69, 9.17) is 4.74 Å². The number of methoxy groups -OCH3 is 1. The van der Waals surface area contributed by atoms with Crippen LogP contribution < -0.4 is 0 Å². The minimum Gasteiger partial charge on any atom is -0.467 e. The third-order valence-corrected chi connectivity index (χ3v) is 2.80. The predicted octanol–water partition coefficient (Wildman–Crippen LogP) is 1.40. The Kier molecular flexibility index (Phi) is 2.63. The predicted molar refractivity (Wildman–Crippen MR) is 53.1 cm³/mol. The first-order valence-corrected chi connectivity index (χ1v) is 5.01. The second-order valence-electron chi connectivity index (χ2n) is 3.63. The molecular formula is C11H12FNO3. The summed E-state index contributed by atoms with van der Waals surface area (Å²) in [6, 6.07) is 2.83. The van der Waals surface area contributed by atoms with E-state index in [1.54, 1.807) is 0 Å². The van der Waals surface area contributed by atoms with Crippen LogP contribution in [0.1, 0.15) is 19.0 Å². The molecule has 2 unspecified atom stereocenters. The highest BCUT2D eigenvalue weighted by Crippen LogP contribution is 2.48. The molecule has 2 rings (SSSR count). The molecule has 1 fully saturated rings. The SMILES string of the molecule is CCC1(c2ccc(F)cn2)OC1C(=O)OC. The summed E-state index contributed by atoms with van der Waals surface area (Å²) < 4.78 is 22.7. The number of esters is 1. The van der Waals surface area contributed by atoms with Gasteiger partial charge in [-0.25, -0.2) is 9.18 Å². The van der Waals surface area contributed by atoms with Gasteiger partial charge in [0, 0.05) is 0 Å². The van der Waals surface area contributed by atoms with Gasteiger partial charge in [0.25, 0.3) is 0 Å². The minimum absolute atomic E-state index is 0.412. The van der Waals surface area contributed by atoms with E-state index in [0.717, 1.165) is 6.20 Å². The van der Waals surface area contributed by atoms with Crippen LogP contribution in [0.5, 0.6) is 0 Å². The van der Waals surface area contributed by atoms with Gasteiger partial charge >= 0.3 is 5.97 Å². The molecule has 0 spiro atoms. The van der Waals surface area contributed by atoms with Gasteiger partial charge in [0.2, 0.25) is 0 Å². The molecule has 86 valence electrons. The fraction of sp³-hybridized carbons (Fsp3) is 0.455. The zero-order valence-electron chi connectivity index (χ0n) is 9.07. The topological polar surface area (TPSA) is 51.7 Å². The first-order chi connectivity index (χ1) is 7.64. The molecule has 1 aliphatic heterocycles. The average Bonchev–Trinajstić information content (AvgIpc) is 3.05. The van der Waals surface area contributed by atoms with E-state index in [-0.39, 0.29) is 0 Å². The lowest BCUT2D eigenvalue weighted by atomic mass is 9.97. The molecular weight excluding hydrogens is 213 g/mol. The lowest BCUT2D eigenvalue weighted by Gasteiger charge is -2.08. The van der Waals surface area contributed by atoms with E-state index < -0.39 is 23.5 Å². The van der Waals surface area contributed by atoms with Crippen LogP contribution in [-0.2, 0) is 19.9 Å². The summed E-state index contributed by atoms with van der Waals surface area (Å²) in [6.45, 7) is 1.88. The smallest absolute Gasteiger partial charge is 0.338 e. The summed E-state index contributed by atoms with van der Waals surface area (Å²) in [5.41, 5.74) is -0.173. The van der Waals surface area contributed by atoms with Crippen molar-refractivity contribution in [1.29, 1.82) is 0 Å². The number of ether oxygens (including phenoxy) is 2. The number of hydrogen-bond acceptors (Lipinski definition) is 4. The zero-order valence-corrected chi connectivity index (χ0v) is 9.07. The van der Waals surface area contributed by atoms with Gasteiger partial charge in [0.05, 0.1) is 19.0 Å². The quantitative estimate of drug-likeness (QED) is 0.576. The van der Waals surface area contributed by atoms with Crippen LogP contribution in [0.25, 0.3) is 0 Å². The largest absolute Gasteiger partial charge is 0.467 e. The van der Waals surface area contributed by atoms with Crippen LogP contribution in [-0.4, -0.2) is 24.2 Å². The standard InChI is InChI=1S/C11H12FNO3/c1-3-11(9(16-11)10(14)15-2)8-5-4-7(12)6-13-8/h4-6,9H,3H2,1-2H3. The van der Waals surface area contributed by atoms with E-state index in [2.05, 4.69) is 9.72 Å². The molecule has 2 heterocycles. The molecule has 0 amide bonds. The molecule has 0 bridgehead atoms. The Labute approximate surface area is 92.4 Å². The molecule has 4 nitrogen and oxygen atoms in total. The molecule has 0 aromatic carbocycles. The summed E-state index contributed by atoms with van der Waals surface area (Å²) in [4.78, 5) is 15.3. The van der Waals surface area contributed by atoms with Gasteiger partial charge in [0.15, 0.2) is 6.10 Å². The molecule has 1 aromatic heterocycles. The van der Waals surface area contributed by atoms with Gasteiger partial charge in [-0.2, -0.15) is 0 Å². The Morgan fingerprint density at radius 2 is 2.44 bits per heavy atom. The summed E-state index contributed by atoms with van der Waals surface area (Å²) in [7, 11) is 1.31. The van der Waals surface area contributed by atoms with Gasteiger partial charge < -0.3 is 9.47 Å². The van der Waals surface area contributed by atoms with Gasteiger partial charge in [0.1, 0.15) is 11.4 Å². The van der Waals surface area contributed by atoms with Crippen molar-refractivity contribution < 1.29 is 18.7 Å². The molecule has 0 N–H and O–H groups in total. The van der Waals surface area contributed by atoms with Gasteiger partial charge in [-0.3, -0.25) is 4.98 Å². The molecule has 0 aliphatic carbocycles. The highest BCUT2D eigenvalue weighted by Gasteiger charge is 2.62. The Morgan fingerprint density at radius 1 is 1.69 bits per heavy atom. The first kappa shape index (κ1) is 11.0. The normalized spacial score (nSPS) is 27.6. The molecule has 0 radical (unpaired) electrons. The van der Waals surface area contributed by atoms with Crippen LogP contribution in [0.2, 0.25) is 0 Å². The highest BCUT2D eigenvalue weighted by atomic mass is 19.1. The lowest BCUT2D eigenvalue weighted by Crippen LogP contribution is -2.20. The maximum absolute atomic E-state index is 12.7. The Morgan fingerprint density at radius 3 is 2.94 bits per heavy atom. The Balaban J connectivity index is 2.25. The minimum atomic E-state index is -0.735. The maximum atomic E-state index is 12.7. The van der Waals surface area contributed by atoms with Crippen molar-refractivity contribution in [3.8, 4) is 0 Å². The molecule has 16 heavy (non-hydrogen) atoms. The monoisotopic (exact) mass is 225 g/mol. The van der Waals surface area contributed by atoms with Crippen LogP contribution in [0.3, 0.4) is 0 Å². The number of hydrogen-bond donors (Lipinski definition) is 0. The number of epoxide rings is 1. The van der Waals surface area contributed by atoms with Crippen molar-refractivity contribution in [3.63, 3.8) is 0 Å². The van der Waals surface area contributed by atoms with Crippen molar-refractivity contribution in [3.05, 3.63) is 29.8 Å². The number of nitrogens with zero attached hydrogens (tertiary/aromatic N) is 1. The van der Waals surface area contributed by atoms with Gasteiger partial charge in [-0.1, -0.05) is 6.92 Å². The van der Waals surface area contributed by atoms with Crippen molar-refractivity contribution >= 4 is 5.97 Å². The van der Waals surface area contributed by atoms with Crippen LogP contribution in [0.15, 0.2) is 18.3 Å². The fourth-order valence-corrected chi connectivity index (χ4v) is 1.79. The number of aromatic nitrogens is 1. The van der Waals surface area contributed by atoms with Crippen molar-refractivity contribution in [2.75, 3.05) is 7.11 Å². The third-order valence-electron chi connectivity index (χ3n) is 2.80. The average molecular weight is 225 g/mol. The van der Waals surface area contributed by atoms with Gasteiger partial charge in [-0.15, -0.1) is 0 Å². The second-order valence-corrected chi connectivity index (χ2v) is 3.63. The summed E-state index contributed by atoms with van der Waals surface area (Å²) in [6.07, 6.45) is 1.08. The Bertz CT molecular complexity index is 406. The molecule has 1 aliphatic rings. The number of pyridine rings is 1. The molecule has 1 aromatic rings. The highest BCUT2D eigenvalue weighted by molar-refractivity contribution is 5.79. The van der Waals surface area contributed by atoms with E-state index in [1.165, 1.54) is 19.2 Å². The van der Waals surface area contributed by atoms with Crippen LogP contribution >= 0.6 is 0 Å². The van der Waals surface area contributed by atoms with E-state index in [9.17, 15) is 9.18 Å². The van der Waals surface area contributed by atoms with Gasteiger partial charge in [-0.05, 0) is 18.6 Å². The number of carbonyl (C=O) groups is 1. The number of carbonyl (C=O) groups excluding carboxylic acids is 1. The van der Waals surface area contributed by atoms with E-state index in [1.807, 2.05) is 6.92 Å². The van der Waals surface area contributed by atoms with Crippen molar-refractivity contribution in [1.82, 2.24) is 4.98 Å². The Hall–Kier alpha value is -1.49. The number of rotatable bonds is 3. The summed E-state index contributed by atoms with van der Waals surface area (Å²) >= 11 is 0. The summed E-state index contributed by atoms with van der Waals surface area (Å²) in [5.74, 6) is -0.835. The molecule has 0 saturated carbocycles. The van der Waals surface area contributed by atoms with Crippen molar-refractivity contribution in [2.24, 2.45) is 0 Å². The number of halogens is 1. The molecule has 2 atom stereocenters. The fourth-order valence-electron chi connectivity index (χ4n) is 1.79. The molecule has 1 saturated heterocycles.